The summed E-state index contributed by atoms with van der Waals surface area (Å²) in [6.45, 7) is 6.86. The molecule has 158 valence electrons. The van der Waals surface area contributed by atoms with Gasteiger partial charge in [-0.3, -0.25) is 4.90 Å². The van der Waals surface area contributed by atoms with Crippen molar-refractivity contribution in [3.8, 4) is 11.4 Å². The summed E-state index contributed by atoms with van der Waals surface area (Å²) >= 11 is 0. The number of carbonyl (C=O) groups excluding carboxylic acids is 1. The Labute approximate surface area is 173 Å². The lowest BCUT2D eigenvalue weighted by molar-refractivity contribution is 0.0120. The van der Waals surface area contributed by atoms with Crippen molar-refractivity contribution in [3.05, 3.63) is 30.6 Å². The van der Waals surface area contributed by atoms with Crippen LogP contribution in [0.1, 0.15) is 33.6 Å². The van der Waals surface area contributed by atoms with Gasteiger partial charge in [-0.15, -0.1) is 0 Å². The molecule has 4 heterocycles. The van der Waals surface area contributed by atoms with Crippen molar-refractivity contribution >= 4 is 23.2 Å². The number of phenols is 1. The van der Waals surface area contributed by atoms with Crippen molar-refractivity contribution in [3.63, 3.8) is 0 Å². The van der Waals surface area contributed by atoms with E-state index in [0.717, 1.165) is 12.8 Å². The van der Waals surface area contributed by atoms with Crippen molar-refractivity contribution < 1.29 is 19.1 Å². The predicted octanol–water partition coefficient (Wildman–Crippen LogP) is 3.31. The molecule has 2 bridgehead atoms. The number of amides is 1. The normalized spacial score (nSPS) is 21.4. The molecule has 9 nitrogen and oxygen atoms in total. The first-order valence-corrected chi connectivity index (χ1v) is 10.2. The number of piperazine rings is 1. The lowest BCUT2D eigenvalue weighted by Gasteiger charge is -2.40. The highest BCUT2D eigenvalue weighted by Crippen LogP contribution is 2.37. The van der Waals surface area contributed by atoms with Gasteiger partial charge in [-0.2, -0.15) is 10.1 Å². The summed E-state index contributed by atoms with van der Waals surface area (Å²) in [4.78, 5) is 21.2. The van der Waals surface area contributed by atoms with Gasteiger partial charge in [-0.1, -0.05) is 0 Å². The monoisotopic (exact) mass is 411 g/mol. The number of rotatable bonds is 2. The maximum atomic E-state index is 12.7. The lowest BCUT2D eigenvalue weighted by Crippen LogP contribution is -2.56. The van der Waals surface area contributed by atoms with Crippen molar-refractivity contribution in [1.82, 2.24) is 19.7 Å². The average Bonchev–Trinajstić information content (AvgIpc) is 3.39. The topological polar surface area (TPSA) is 96.9 Å². The van der Waals surface area contributed by atoms with Gasteiger partial charge in [-0.25, -0.2) is 9.48 Å². The minimum absolute atomic E-state index is 0.0489. The second-order valence-electron chi connectivity index (χ2n) is 8.91. The molecule has 9 heteroatoms. The van der Waals surface area contributed by atoms with Gasteiger partial charge in [0.25, 0.3) is 6.01 Å². The minimum atomic E-state index is -0.519. The summed E-state index contributed by atoms with van der Waals surface area (Å²) in [5.41, 5.74) is 1.08. The second kappa shape index (κ2) is 6.65. The van der Waals surface area contributed by atoms with Crippen molar-refractivity contribution in [2.45, 2.75) is 51.3 Å². The predicted molar refractivity (Wildman–Crippen MR) is 110 cm³/mol. The molecule has 1 N–H and O–H groups in total. The molecule has 1 aromatic carbocycles. The fraction of sp³-hybridized carbons (Fsp3) is 0.476. The van der Waals surface area contributed by atoms with Crippen LogP contribution in [0.5, 0.6) is 5.75 Å². The summed E-state index contributed by atoms with van der Waals surface area (Å²) in [5.74, 6) is 0.0614. The highest BCUT2D eigenvalue weighted by atomic mass is 16.6. The molecule has 0 saturated carbocycles. The van der Waals surface area contributed by atoms with E-state index in [2.05, 4.69) is 15.0 Å². The van der Waals surface area contributed by atoms with E-state index in [0.29, 0.717) is 35.9 Å². The van der Waals surface area contributed by atoms with Crippen LogP contribution in [0.3, 0.4) is 0 Å². The molecule has 3 aromatic rings. The zero-order valence-corrected chi connectivity index (χ0v) is 17.3. The number of carbonyl (C=O) groups is 1. The van der Waals surface area contributed by atoms with Gasteiger partial charge >= 0.3 is 6.09 Å². The van der Waals surface area contributed by atoms with Crippen LogP contribution in [0, 0.1) is 0 Å². The molecule has 2 unspecified atom stereocenters. The van der Waals surface area contributed by atoms with Gasteiger partial charge in [0.05, 0.1) is 12.1 Å². The Morgan fingerprint density at radius 1 is 1.23 bits per heavy atom. The maximum absolute atomic E-state index is 12.7. The molecule has 30 heavy (non-hydrogen) atoms. The number of aromatic hydroxyl groups is 1. The van der Waals surface area contributed by atoms with Gasteiger partial charge in [-0.05, 0) is 51.8 Å². The fourth-order valence-electron chi connectivity index (χ4n) is 4.37. The van der Waals surface area contributed by atoms with E-state index in [1.807, 2.05) is 37.9 Å². The summed E-state index contributed by atoms with van der Waals surface area (Å²) in [6.07, 6.45) is 5.08. The molecule has 2 fully saturated rings. The van der Waals surface area contributed by atoms with Crippen molar-refractivity contribution in [2.75, 3.05) is 18.0 Å². The number of fused-ring (bicyclic) bond motifs is 3. The first-order chi connectivity index (χ1) is 14.3. The number of hydrogen-bond donors (Lipinski definition) is 1. The number of nitrogens with zero attached hydrogens (tertiary/aromatic N) is 5. The van der Waals surface area contributed by atoms with Crippen LogP contribution in [-0.2, 0) is 4.74 Å². The number of anilines is 1. The summed E-state index contributed by atoms with van der Waals surface area (Å²) in [6, 6.07) is 5.71. The van der Waals surface area contributed by atoms with Crippen LogP contribution in [-0.4, -0.2) is 61.6 Å². The molecule has 2 aromatic heterocycles. The molecule has 2 aliphatic heterocycles. The first kappa shape index (κ1) is 18.8. The average molecular weight is 411 g/mol. The maximum Gasteiger partial charge on any atom is 0.410 e. The molecule has 0 aliphatic carbocycles. The lowest BCUT2D eigenvalue weighted by atomic mass is 10.2. The number of phenolic OH excluding ortho intramolecular Hbond substituents is 1. The standard InChI is InChI=1S/C21H25N5O4/c1-21(2,3)30-20(28)26-13-5-6-14(26)12-24(11-13)19-23-17-16(27)8-7-15(18(17)29-19)25-10-4-9-22-25/h4,7-10,13-14,27H,5-6,11-12H2,1-3H3. The molecular weight excluding hydrogens is 386 g/mol. The third-order valence-electron chi connectivity index (χ3n) is 5.60. The van der Waals surface area contributed by atoms with Crippen molar-refractivity contribution in [1.29, 1.82) is 0 Å². The highest BCUT2D eigenvalue weighted by molar-refractivity contribution is 5.88. The molecule has 0 spiro atoms. The van der Waals surface area contributed by atoms with E-state index in [-0.39, 0.29) is 23.9 Å². The Hall–Kier alpha value is -3.23. The molecule has 2 atom stereocenters. The van der Waals surface area contributed by atoms with Crippen molar-refractivity contribution in [2.24, 2.45) is 0 Å². The Bertz CT molecular complexity index is 1070. The first-order valence-electron chi connectivity index (χ1n) is 10.2. The molecule has 2 saturated heterocycles. The van der Waals surface area contributed by atoms with E-state index < -0.39 is 5.60 Å². The number of ether oxygens (including phenoxy) is 1. The van der Waals surface area contributed by atoms with E-state index >= 15 is 0 Å². The van der Waals surface area contributed by atoms with Gasteiger partial charge in [0.15, 0.2) is 11.1 Å². The van der Waals surface area contributed by atoms with E-state index in [1.54, 1.807) is 23.0 Å². The van der Waals surface area contributed by atoms with Gasteiger partial charge in [0, 0.05) is 25.5 Å². The van der Waals surface area contributed by atoms with Crippen LogP contribution in [0.4, 0.5) is 10.8 Å². The zero-order valence-electron chi connectivity index (χ0n) is 17.3. The van der Waals surface area contributed by atoms with Gasteiger partial charge < -0.3 is 19.2 Å². The molecular formula is C21H25N5O4. The van der Waals surface area contributed by atoms with Crippen LogP contribution < -0.4 is 4.90 Å². The third-order valence-corrected chi connectivity index (χ3v) is 5.60. The Kier molecular flexibility index (Phi) is 4.16. The fourth-order valence-corrected chi connectivity index (χ4v) is 4.37. The quantitative estimate of drug-likeness (QED) is 0.691. The third kappa shape index (κ3) is 3.14. The van der Waals surface area contributed by atoms with E-state index in [1.165, 1.54) is 0 Å². The SMILES string of the molecule is CC(C)(C)OC(=O)N1C2CCC1CN(c1nc3c(O)ccc(-n4cccn4)c3o1)C2. The Morgan fingerprint density at radius 2 is 1.97 bits per heavy atom. The Morgan fingerprint density at radius 3 is 2.60 bits per heavy atom. The molecule has 2 aliphatic rings. The number of oxazole rings is 1. The summed E-state index contributed by atoms with van der Waals surface area (Å²) in [7, 11) is 0. The van der Waals surface area contributed by atoms with E-state index in [9.17, 15) is 9.90 Å². The largest absolute Gasteiger partial charge is 0.506 e. The number of hydrogen-bond acceptors (Lipinski definition) is 7. The zero-order chi connectivity index (χ0) is 21.0. The Balaban J connectivity index is 1.43. The van der Waals surface area contributed by atoms with Gasteiger partial charge in [0.1, 0.15) is 17.0 Å². The summed E-state index contributed by atoms with van der Waals surface area (Å²) in [5, 5.41) is 14.6. The number of aromatic nitrogens is 3. The van der Waals surface area contributed by atoms with Crippen LogP contribution in [0.25, 0.3) is 16.8 Å². The molecule has 1 amide bonds. The van der Waals surface area contributed by atoms with Crippen LogP contribution in [0.2, 0.25) is 0 Å². The molecule has 5 rings (SSSR count). The minimum Gasteiger partial charge on any atom is -0.506 e. The van der Waals surface area contributed by atoms with Crippen LogP contribution in [0.15, 0.2) is 35.0 Å². The second-order valence-corrected chi connectivity index (χ2v) is 8.91. The summed E-state index contributed by atoms with van der Waals surface area (Å²) < 4.78 is 13.4. The molecule has 0 radical (unpaired) electrons. The highest BCUT2D eigenvalue weighted by Gasteiger charge is 2.45. The number of benzene rings is 1. The smallest absolute Gasteiger partial charge is 0.410 e. The van der Waals surface area contributed by atoms with Gasteiger partial charge in [0.2, 0.25) is 0 Å². The van der Waals surface area contributed by atoms with Crippen LogP contribution >= 0.6 is 0 Å². The van der Waals surface area contributed by atoms with E-state index in [4.69, 9.17) is 9.15 Å².